The van der Waals surface area contributed by atoms with Crippen LogP contribution in [0.1, 0.15) is 18.4 Å². The highest BCUT2D eigenvalue weighted by molar-refractivity contribution is 5.98. The molecule has 1 aromatic carbocycles. The van der Waals surface area contributed by atoms with E-state index in [-0.39, 0.29) is 5.75 Å². The number of anilines is 1. The molecule has 3 aromatic rings. The Morgan fingerprint density at radius 1 is 1.24 bits per heavy atom. The van der Waals surface area contributed by atoms with Crippen molar-refractivity contribution in [3.05, 3.63) is 42.1 Å². The first-order valence-electron chi connectivity index (χ1n) is 8.61. The van der Waals surface area contributed by atoms with Crippen LogP contribution in [0.25, 0.3) is 22.2 Å². The normalized spacial score (nSPS) is 17.6. The standard InChI is InChI=1S/C19H21N5O/c1-12-6-7-14(16(25)10-12)17-15-5-3-9-21-18(15)19(24-23-17)22-13-4-2-8-20-11-13/h3,5-7,9-10,13,20,25H,2,4,8,11H2,1H3,(H,22,24)/t13-/m1/s1. The van der Waals surface area contributed by atoms with Gasteiger partial charge in [-0.25, -0.2) is 0 Å². The van der Waals surface area contributed by atoms with Crippen molar-refractivity contribution >= 4 is 16.7 Å². The number of phenolic OH excluding ortho intramolecular Hbond substituents is 1. The number of nitrogens with one attached hydrogen (secondary N) is 2. The minimum Gasteiger partial charge on any atom is -0.507 e. The molecule has 0 unspecified atom stereocenters. The molecule has 1 aliphatic rings. The smallest absolute Gasteiger partial charge is 0.175 e. The number of hydrogen-bond donors (Lipinski definition) is 3. The lowest BCUT2D eigenvalue weighted by Crippen LogP contribution is -2.38. The summed E-state index contributed by atoms with van der Waals surface area (Å²) in [6.07, 6.45) is 4.00. The Balaban J connectivity index is 1.78. The van der Waals surface area contributed by atoms with Gasteiger partial charge in [0.2, 0.25) is 0 Å². The van der Waals surface area contributed by atoms with E-state index in [4.69, 9.17) is 0 Å². The molecule has 1 aliphatic heterocycles. The molecule has 6 heteroatoms. The molecule has 0 aliphatic carbocycles. The molecule has 128 valence electrons. The van der Waals surface area contributed by atoms with Crippen molar-refractivity contribution < 1.29 is 5.11 Å². The van der Waals surface area contributed by atoms with E-state index in [1.54, 1.807) is 12.3 Å². The van der Waals surface area contributed by atoms with Crippen molar-refractivity contribution in [1.82, 2.24) is 20.5 Å². The summed E-state index contributed by atoms with van der Waals surface area (Å²) in [6, 6.07) is 9.74. The van der Waals surface area contributed by atoms with E-state index in [1.807, 2.05) is 31.2 Å². The van der Waals surface area contributed by atoms with Crippen LogP contribution in [0.3, 0.4) is 0 Å². The summed E-state index contributed by atoms with van der Waals surface area (Å²) in [5, 5.41) is 26.8. The van der Waals surface area contributed by atoms with Crippen molar-refractivity contribution in [3.63, 3.8) is 0 Å². The first kappa shape index (κ1) is 15.8. The van der Waals surface area contributed by atoms with Crippen LogP contribution in [0.2, 0.25) is 0 Å². The summed E-state index contributed by atoms with van der Waals surface area (Å²) in [5.74, 6) is 0.899. The van der Waals surface area contributed by atoms with Crippen molar-refractivity contribution in [2.45, 2.75) is 25.8 Å². The average Bonchev–Trinajstić information content (AvgIpc) is 2.64. The third-order valence-corrected chi connectivity index (χ3v) is 4.58. The molecular formula is C19H21N5O. The van der Waals surface area contributed by atoms with Crippen LogP contribution in [0, 0.1) is 6.92 Å². The largest absolute Gasteiger partial charge is 0.507 e. The van der Waals surface area contributed by atoms with E-state index in [0.29, 0.717) is 23.1 Å². The van der Waals surface area contributed by atoms with Gasteiger partial charge in [-0.1, -0.05) is 6.07 Å². The Labute approximate surface area is 146 Å². The highest BCUT2D eigenvalue weighted by atomic mass is 16.3. The molecule has 25 heavy (non-hydrogen) atoms. The number of pyridine rings is 1. The van der Waals surface area contributed by atoms with Crippen LogP contribution in [-0.4, -0.2) is 39.4 Å². The number of rotatable bonds is 3. The van der Waals surface area contributed by atoms with Crippen LogP contribution >= 0.6 is 0 Å². The Morgan fingerprint density at radius 2 is 2.16 bits per heavy atom. The lowest BCUT2D eigenvalue weighted by atomic mass is 10.0. The van der Waals surface area contributed by atoms with Gasteiger partial charge in [-0.15, -0.1) is 10.2 Å². The molecule has 0 spiro atoms. The second kappa shape index (κ2) is 6.64. The molecule has 0 amide bonds. The average molecular weight is 335 g/mol. The van der Waals surface area contributed by atoms with Crippen LogP contribution in [0.15, 0.2) is 36.5 Å². The lowest BCUT2D eigenvalue weighted by molar-refractivity contribution is 0.476. The van der Waals surface area contributed by atoms with Gasteiger partial charge in [-0.2, -0.15) is 0 Å². The van der Waals surface area contributed by atoms with Gasteiger partial charge < -0.3 is 15.7 Å². The number of nitrogens with zero attached hydrogens (tertiary/aromatic N) is 3. The minimum absolute atomic E-state index is 0.205. The number of hydrogen-bond acceptors (Lipinski definition) is 6. The zero-order chi connectivity index (χ0) is 17.2. The molecule has 0 radical (unpaired) electrons. The molecule has 0 bridgehead atoms. The van der Waals surface area contributed by atoms with E-state index >= 15 is 0 Å². The Bertz CT molecular complexity index is 905. The number of fused-ring (bicyclic) bond motifs is 1. The van der Waals surface area contributed by atoms with Gasteiger partial charge in [0.15, 0.2) is 5.82 Å². The Morgan fingerprint density at radius 3 is 2.96 bits per heavy atom. The summed E-state index contributed by atoms with van der Waals surface area (Å²) in [5.41, 5.74) is 3.09. The summed E-state index contributed by atoms with van der Waals surface area (Å²) in [4.78, 5) is 4.51. The van der Waals surface area contributed by atoms with Crippen LogP contribution in [0.4, 0.5) is 5.82 Å². The number of aromatic hydroxyl groups is 1. The molecule has 3 heterocycles. The Hall–Kier alpha value is -2.73. The summed E-state index contributed by atoms with van der Waals surface area (Å²) in [6.45, 7) is 3.92. The van der Waals surface area contributed by atoms with E-state index < -0.39 is 0 Å². The predicted octanol–water partition coefficient (Wildman–Crippen LogP) is 2.87. The number of benzene rings is 1. The monoisotopic (exact) mass is 335 g/mol. The van der Waals surface area contributed by atoms with E-state index in [0.717, 1.165) is 42.4 Å². The molecule has 1 atom stereocenters. The highest BCUT2D eigenvalue weighted by Gasteiger charge is 2.18. The molecule has 6 nitrogen and oxygen atoms in total. The maximum Gasteiger partial charge on any atom is 0.175 e. The molecule has 1 saturated heterocycles. The second-order valence-corrected chi connectivity index (χ2v) is 6.50. The van der Waals surface area contributed by atoms with E-state index in [9.17, 15) is 5.11 Å². The SMILES string of the molecule is Cc1ccc(-c2nnc(N[C@@H]3CCCNC3)c3ncccc23)c(O)c1. The number of aromatic nitrogens is 3. The zero-order valence-corrected chi connectivity index (χ0v) is 14.2. The van der Waals surface area contributed by atoms with Gasteiger partial charge in [0, 0.05) is 29.7 Å². The maximum atomic E-state index is 10.3. The van der Waals surface area contributed by atoms with E-state index in [2.05, 4.69) is 25.8 Å². The zero-order valence-electron chi connectivity index (χ0n) is 14.2. The Kier molecular flexibility index (Phi) is 4.19. The highest BCUT2D eigenvalue weighted by Crippen LogP contribution is 2.34. The van der Waals surface area contributed by atoms with E-state index in [1.165, 1.54) is 0 Å². The fraction of sp³-hybridized carbons (Fsp3) is 0.316. The molecule has 4 rings (SSSR count). The molecular weight excluding hydrogens is 314 g/mol. The van der Waals surface area contributed by atoms with Crippen LogP contribution in [-0.2, 0) is 0 Å². The third-order valence-electron chi connectivity index (χ3n) is 4.58. The van der Waals surface area contributed by atoms with Crippen molar-refractivity contribution in [2.24, 2.45) is 0 Å². The molecule has 1 fully saturated rings. The van der Waals surface area contributed by atoms with Gasteiger partial charge in [0.25, 0.3) is 0 Å². The first-order valence-corrected chi connectivity index (χ1v) is 8.61. The number of phenols is 1. The second-order valence-electron chi connectivity index (χ2n) is 6.50. The summed E-state index contributed by atoms with van der Waals surface area (Å²) < 4.78 is 0. The quantitative estimate of drug-likeness (QED) is 0.683. The fourth-order valence-corrected chi connectivity index (χ4v) is 3.29. The third kappa shape index (κ3) is 3.13. The lowest BCUT2D eigenvalue weighted by Gasteiger charge is -2.24. The van der Waals surface area contributed by atoms with Crippen LogP contribution < -0.4 is 10.6 Å². The maximum absolute atomic E-state index is 10.3. The number of aryl methyl sites for hydroxylation is 1. The topological polar surface area (TPSA) is 83.0 Å². The van der Waals surface area contributed by atoms with Gasteiger partial charge in [-0.3, -0.25) is 4.98 Å². The number of piperidine rings is 1. The first-order chi connectivity index (χ1) is 12.2. The van der Waals surface area contributed by atoms with Gasteiger partial charge in [-0.05, 0) is 56.1 Å². The molecule has 0 saturated carbocycles. The van der Waals surface area contributed by atoms with Crippen molar-refractivity contribution in [1.29, 1.82) is 0 Å². The van der Waals surface area contributed by atoms with Gasteiger partial charge in [0.1, 0.15) is 17.0 Å². The van der Waals surface area contributed by atoms with Gasteiger partial charge >= 0.3 is 0 Å². The summed E-state index contributed by atoms with van der Waals surface area (Å²) in [7, 11) is 0. The van der Waals surface area contributed by atoms with Crippen LogP contribution in [0.5, 0.6) is 5.75 Å². The van der Waals surface area contributed by atoms with Crippen molar-refractivity contribution in [2.75, 3.05) is 18.4 Å². The molecule has 2 aromatic heterocycles. The summed E-state index contributed by atoms with van der Waals surface area (Å²) >= 11 is 0. The predicted molar refractivity (Wildman–Crippen MR) is 98.7 cm³/mol. The van der Waals surface area contributed by atoms with Gasteiger partial charge in [0.05, 0.1) is 0 Å². The molecule has 3 N–H and O–H groups in total. The fourth-order valence-electron chi connectivity index (χ4n) is 3.29. The van der Waals surface area contributed by atoms with Crippen molar-refractivity contribution in [3.8, 4) is 17.0 Å². The minimum atomic E-state index is 0.205.